The molecule has 0 bridgehead atoms. The van der Waals surface area contributed by atoms with Gasteiger partial charge in [-0.2, -0.15) is 11.8 Å². The Labute approximate surface area is 131 Å². The molecular formula is C14H18IN3S. The fraction of sp³-hybridized carbons (Fsp3) is 0.500. The Hall–Kier alpha value is -0.430. The SMILES string of the molecule is CSC1(Cn2c(N)nc3cc(I)ccc32)CCCC1. The lowest BCUT2D eigenvalue weighted by atomic mass is 10.1. The van der Waals surface area contributed by atoms with Crippen LogP contribution < -0.4 is 5.73 Å². The number of nitrogens with zero attached hydrogens (tertiary/aromatic N) is 2. The van der Waals surface area contributed by atoms with Crippen LogP contribution in [0.25, 0.3) is 11.0 Å². The van der Waals surface area contributed by atoms with Gasteiger partial charge in [-0.15, -0.1) is 0 Å². The van der Waals surface area contributed by atoms with E-state index >= 15 is 0 Å². The van der Waals surface area contributed by atoms with Gasteiger partial charge in [0.15, 0.2) is 0 Å². The maximum absolute atomic E-state index is 6.14. The lowest BCUT2D eigenvalue weighted by Gasteiger charge is -2.27. The quantitative estimate of drug-likeness (QED) is 0.813. The van der Waals surface area contributed by atoms with Crippen molar-refractivity contribution in [1.29, 1.82) is 0 Å². The number of thioether (sulfide) groups is 1. The Balaban J connectivity index is 2.02. The van der Waals surface area contributed by atoms with Crippen LogP contribution in [-0.4, -0.2) is 20.6 Å². The van der Waals surface area contributed by atoms with E-state index < -0.39 is 0 Å². The highest BCUT2D eigenvalue weighted by molar-refractivity contribution is 14.1. The summed E-state index contributed by atoms with van der Waals surface area (Å²) in [6.07, 6.45) is 7.48. The van der Waals surface area contributed by atoms with Crippen molar-refractivity contribution in [3.8, 4) is 0 Å². The minimum Gasteiger partial charge on any atom is -0.369 e. The lowest BCUT2D eigenvalue weighted by Crippen LogP contribution is -2.27. The van der Waals surface area contributed by atoms with Crippen LogP contribution in [0.15, 0.2) is 18.2 Å². The number of aromatic nitrogens is 2. The predicted octanol–water partition coefficient (Wildman–Crippen LogP) is 3.90. The van der Waals surface area contributed by atoms with E-state index in [1.54, 1.807) is 0 Å². The fourth-order valence-corrected chi connectivity index (χ4v) is 4.45. The van der Waals surface area contributed by atoms with E-state index in [-0.39, 0.29) is 0 Å². The molecule has 5 heteroatoms. The zero-order valence-electron chi connectivity index (χ0n) is 11.0. The third-order valence-corrected chi connectivity index (χ3v) is 6.21. The van der Waals surface area contributed by atoms with E-state index in [4.69, 9.17) is 5.73 Å². The van der Waals surface area contributed by atoms with Crippen LogP contribution in [-0.2, 0) is 6.54 Å². The molecule has 1 aliphatic rings. The summed E-state index contributed by atoms with van der Waals surface area (Å²) >= 11 is 4.31. The number of nitrogens with two attached hydrogens (primary N) is 1. The maximum atomic E-state index is 6.14. The molecule has 0 amide bonds. The summed E-state index contributed by atoms with van der Waals surface area (Å²) in [5, 5.41) is 0. The molecular weight excluding hydrogens is 369 g/mol. The van der Waals surface area contributed by atoms with Crippen LogP contribution in [0.5, 0.6) is 0 Å². The van der Waals surface area contributed by atoms with Crippen LogP contribution in [0.1, 0.15) is 25.7 Å². The average molecular weight is 387 g/mol. The van der Waals surface area contributed by atoms with Gasteiger partial charge in [0.05, 0.1) is 11.0 Å². The first kappa shape index (κ1) is 13.5. The molecule has 1 aromatic heterocycles. The summed E-state index contributed by atoms with van der Waals surface area (Å²) in [4.78, 5) is 4.51. The third kappa shape index (κ3) is 2.46. The van der Waals surface area contributed by atoms with Crippen molar-refractivity contribution in [2.45, 2.75) is 37.0 Å². The summed E-state index contributed by atoms with van der Waals surface area (Å²) in [5.74, 6) is 0.650. The minimum absolute atomic E-state index is 0.352. The zero-order valence-corrected chi connectivity index (χ0v) is 14.0. The monoisotopic (exact) mass is 387 g/mol. The normalized spacial score (nSPS) is 18.2. The maximum Gasteiger partial charge on any atom is 0.201 e. The molecule has 3 rings (SSSR count). The van der Waals surface area contributed by atoms with Gasteiger partial charge in [-0.1, -0.05) is 12.8 Å². The smallest absolute Gasteiger partial charge is 0.201 e. The first-order valence-corrected chi connectivity index (χ1v) is 8.90. The molecule has 1 heterocycles. The molecule has 0 atom stereocenters. The van der Waals surface area contributed by atoms with Crippen molar-refractivity contribution >= 4 is 51.3 Å². The zero-order chi connectivity index (χ0) is 13.5. The molecule has 102 valence electrons. The topological polar surface area (TPSA) is 43.8 Å². The second kappa shape index (κ2) is 5.16. The molecule has 1 aromatic carbocycles. The Kier molecular flexibility index (Phi) is 3.68. The molecule has 2 N–H and O–H groups in total. The minimum atomic E-state index is 0.352. The molecule has 19 heavy (non-hydrogen) atoms. The molecule has 0 radical (unpaired) electrons. The van der Waals surface area contributed by atoms with E-state index in [0.717, 1.165) is 12.1 Å². The largest absolute Gasteiger partial charge is 0.369 e. The number of imidazole rings is 1. The second-order valence-electron chi connectivity index (χ2n) is 5.28. The number of hydrogen-bond acceptors (Lipinski definition) is 3. The highest BCUT2D eigenvalue weighted by atomic mass is 127. The van der Waals surface area contributed by atoms with Crippen LogP contribution in [0.2, 0.25) is 0 Å². The molecule has 1 fully saturated rings. The van der Waals surface area contributed by atoms with E-state index in [9.17, 15) is 0 Å². The van der Waals surface area contributed by atoms with E-state index in [0.29, 0.717) is 10.7 Å². The van der Waals surface area contributed by atoms with Crippen molar-refractivity contribution in [2.24, 2.45) is 0 Å². The van der Waals surface area contributed by atoms with Gasteiger partial charge in [-0.25, -0.2) is 4.98 Å². The van der Waals surface area contributed by atoms with Crippen LogP contribution >= 0.6 is 34.4 Å². The number of fused-ring (bicyclic) bond motifs is 1. The van der Waals surface area contributed by atoms with Gasteiger partial charge >= 0.3 is 0 Å². The Bertz CT molecular complexity index is 602. The van der Waals surface area contributed by atoms with Crippen LogP contribution in [0.3, 0.4) is 0 Å². The first-order chi connectivity index (χ1) is 9.13. The summed E-state index contributed by atoms with van der Waals surface area (Å²) in [7, 11) is 0. The van der Waals surface area contributed by atoms with Crippen molar-refractivity contribution in [3.63, 3.8) is 0 Å². The highest BCUT2D eigenvalue weighted by Crippen LogP contribution is 2.42. The summed E-state index contributed by atoms with van der Waals surface area (Å²) in [5.41, 5.74) is 8.31. The summed E-state index contributed by atoms with van der Waals surface area (Å²) in [6, 6.07) is 6.37. The van der Waals surface area contributed by atoms with Gasteiger partial charge in [0.25, 0.3) is 0 Å². The summed E-state index contributed by atoms with van der Waals surface area (Å²) < 4.78 is 3.76. The lowest BCUT2D eigenvalue weighted by molar-refractivity contribution is 0.518. The number of anilines is 1. The molecule has 2 aromatic rings. The molecule has 3 nitrogen and oxygen atoms in total. The number of rotatable bonds is 3. The Morgan fingerprint density at radius 2 is 2.16 bits per heavy atom. The van der Waals surface area contributed by atoms with Gasteiger partial charge in [0.2, 0.25) is 5.95 Å². The van der Waals surface area contributed by atoms with Crippen molar-refractivity contribution in [3.05, 3.63) is 21.8 Å². The fourth-order valence-electron chi connectivity index (χ4n) is 3.02. The third-order valence-electron chi connectivity index (χ3n) is 4.13. The molecule has 0 spiro atoms. The van der Waals surface area contributed by atoms with E-state index in [1.807, 2.05) is 11.8 Å². The Morgan fingerprint density at radius 1 is 1.42 bits per heavy atom. The van der Waals surface area contributed by atoms with Crippen molar-refractivity contribution in [2.75, 3.05) is 12.0 Å². The molecule has 0 saturated heterocycles. The van der Waals surface area contributed by atoms with E-state index in [1.165, 1.54) is 34.8 Å². The van der Waals surface area contributed by atoms with E-state index in [2.05, 4.69) is 56.6 Å². The van der Waals surface area contributed by atoms with Crippen LogP contribution in [0, 0.1) is 3.57 Å². The van der Waals surface area contributed by atoms with Crippen LogP contribution in [0.4, 0.5) is 5.95 Å². The summed E-state index contributed by atoms with van der Waals surface area (Å²) in [6.45, 7) is 0.983. The van der Waals surface area contributed by atoms with Crippen molar-refractivity contribution in [1.82, 2.24) is 9.55 Å². The number of hydrogen-bond donors (Lipinski definition) is 1. The predicted molar refractivity (Wildman–Crippen MR) is 91.6 cm³/mol. The first-order valence-electron chi connectivity index (χ1n) is 6.60. The van der Waals surface area contributed by atoms with Gasteiger partial charge in [-0.05, 0) is 59.9 Å². The molecule has 0 aliphatic heterocycles. The second-order valence-corrected chi connectivity index (χ2v) is 7.80. The number of benzene rings is 1. The average Bonchev–Trinajstić information content (AvgIpc) is 2.96. The molecule has 0 unspecified atom stereocenters. The number of halogens is 1. The van der Waals surface area contributed by atoms with Gasteiger partial charge in [0.1, 0.15) is 0 Å². The molecule has 1 saturated carbocycles. The van der Waals surface area contributed by atoms with Gasteiger partial charge in [-0.3, -0.25) is 0 Å². The molecule has 1 aliphatic carbocycles. The van der Waals surface area contributed by atoms with Crippen molar-refractivity contribution < 1.29 is 0 Å². The van der Waals surface area contributed by atoms with Gasteiger partial charge < -0.3 is 10.3 Å². The highest BCUT2D eigenvalue weighted by Gasteiger charge is 2.34. The van der Waals surface area contributed by atoms with Gasteiger partial charge in [0, 0.05) is 14.9 Å². The Morgan fingerprint density at radius 3 is 2.84 bits per heavy atom. The number of nitrogen functional groups attached to an aromatic ring is 1. The standard InChI is InChI=1S/C14H18IN3S/c1-19-14(6-2-3-7-14)9-18-12-5-4-10(15)8-11(12)17-13(18)16/h4-5,8H,2-3,6-7,9H2,1H3,(H2,16,17).